The molecule has 1 unspecified atom stereocenters. The number of carbonyl (C=O) groups is 2. The van der Waals surface area contributed by atoms with E-state index in [-0.39, 0.29) is 18.2 Å². The van der Waals surface area contributed by atoms with E-state index in [0.29, 0.717) is 26.2 Å². The Bertz CT molecular complexity index is 1070. The van der Waals surface area contributed by atoms with Crippen molar-refractivity contribution in [3.8, 4) is 11.1 Å². The largest absolute Gasteiger partial charge is 0.353 e. The summed E-state index contributed by atoms with van der Waals surface area (Å²) >= 11 is 0. The molecule has 1 saturated heterocycles. The minimum Gasteiger partial charge on any atom is -0.353 e. The Morgan fingerprint density at radius 3 is 2.56 bits per heavy atom. The van der Waals surface area contributed by atoms with Gasteiger partial charge >= 0.3 is 0 Å². The number of rotatable bonds is 7. The standard InChI is InChI=1S/C26H28N4O2/c1-19-6-5-13-27-23(19)17-29-25(31)16-24-26(32)28-14-15-30(24)18-20-9-11-22(12-10-20)21-7-3-2-4-8-21/h2-13,24H,14-18H2,1H3,(H,28,32)(H,29,31). The van der Waals surface area contributed by atoms with Crippen LogP contribution in [0.2, 0.25) is 0 Å². The summed E-state index contributed by atoms with van der Waals surface area (Å²) in [5, 5.41) is 5.80. The number of carbonyl (C=O) groups excluding carboxylic acids is 2. The number of aromatic nitrogens is 1. The summed E-state index contributed by atoms with van der Waals surface area (Å²) in [6.45, 7) is 4.25. The maximum absolute atomic E-state index is 12.6. The summed E-state index contributed by atoms with van der Waals surface area (Å²) in [4.78, 5) is 31.5. The van der Waals surface area contributed by atoms with Gasteiger partial charge < -0.3 is 10.6 Å². The molecule has 2 aromatic carbocycles. The Labute approximate surface area is 188 Å². The van der Waals surface area contributed by atoms with Crippen LogP contribution in [0.25, 0.3) is 11.1 Å². The Morgan fingerprint density at radius 2 is 1.81 bits per heavy atom. The quantitative estimate of drug-likeness (QED) is 0.607. The van der Waals surface area contributed by atoms with Crippen molar-refractivity contribution in [3.63, 3.8) is 0 Å². The van der Waals surface area contributed by atoms with E-state index in [4.69, 9.17) is 0 Å². The van der Waals surface area contributed by atoms with Crippen molar-refractivity contribution in [1.82, 2.24) is 20.5 Å². The summed E-state index contributed by atoms with van der Waals surface area (Å²) in [6, 6.07) is 22.0. The first-order valence-corrected chi connectivity index (χ1v) is 10.9. The third-order valence-corrected chi connectivity index (χ3v) is 5.84. The molecular weight excluding hydrogens is 400 g/mol. The molecule has 0 aliphatic carbocycles. The van der Waals surface area contributed by atoms with E-state index in [0.717, 1.165) is 22.4 Å². The van der Waals surface area contributed by atoms with Crippen LogP contribution < -0.4 is 10.6 Å². The molecule has 0 saturated carbocycles. The first-order valence-electron chi connectivity index (χ1n) is 10.9. The summed E-state index contributed by atoms with van der Waals surface area (Å²) in [7, 11) is 0. The molecule has 6 nitrogen and oxygen atoms in total. The molecule has 2 N–H and O–H groups in total. The maximum Gasteiger partial charge on any atom is 0.237 e. The minimum atomic E-state index is -0.484. The van der Waals surface area contributed by atoms with Crippen LogP contribution in [-0.2, 0) is 22.7 Å². The van der Waals surface area contributed by atoms with Crippen LogP contribution in [0.5, 0.6) is 0 Å². The molecule has 1 aliphatic heterocycles. The van der Waals surface area contributed by atoms with E-state index in [1.165, 1.54) is 5.56 Å². The van der Waals surface area contributed by atoms with E-state index in [1.54, 1.807) is 6.20 Å². The van der Waals surface area contributed by atoms with Gasteiger partial charge in [-0.25, -0.2) is 0 Å². The monoisotopic (exact) mass is 428 g/mol. The van der Waals surface area contributed by atoms with Gasteiger partial charge in [0.25, 0.3) is 0 Å². The highest BCUT2D eigenvalue weighted by molar-refractivity contribution is 5.88. The smallest absolute Gasteiger partial charge is 0.237 e. The van der Waals surface area contributed by atoms with Gasteiger partial charge in [-0.3, -0.25) is 19.5 Å². The van der Waals surface area contributed by atoms with E-state index in [9.17, 15) is 9.59 Å². The molecule has 2 amide bonds. The molecule has 1 fully saturated rings. The average Bonchev–Trinajstić information content (AvgIpc) is 2.82. The van der Waals surface area contributed by atoms with Crippen molar-refractivity contribution in [2.45, 2.75) is 32.5 Å². The number of benzene rings is 2. The van der Waals surface area contributed by atoms with Crippen molar-refractivity contribution in [1.29, 1.82) is 0 Å². The third kappa shape index (κ3) is 5.39. The van der Waals surface area contributed by atoms with Crippen LogP contribution in [0.3, 0.4) is 0 Å². The number of piperazine rings is 1. The van der Waals surface area contributed by atoms with Crippen LogP contribution >= 0.6 is 0 Å². The fraction of sp³-hybridized carbons (Fsp3) is 0.269. The molecule has 32 heavy (non-hydrogen) atoms. The van der Waals surface area contributed by atoms with Crippen LogP contribution in [0.15, 0.2) is 72.9 Å². The average molecular weight is 429 g/mol. The molecule has 0 bridgehead atoms. The SMILES string of the molecule is Cc1cccnc1CNC(=O)CC1C(=O)NCCN1Cc1ccc(-c2ccccc2)cc1. The van der Waals surface area contributed by atoms with Gasteiger partial charge in [0.1, 0.15) is 0 Å². The Kier molecular flexibility index (Phi) is 6.92. The topological polar surface area (TPSA) is 74.3 Å². The molecule has 1 aromatic heterocycles. The van der Waals surface area contributed by atoms with Crippen molar-refractivity contribution < 1.29 is 9.59 Å². The highest BCUT2D eigenvalue weighted by atomic mass is 16.2. The number of amides is 2. The Hall–Kier alpha value is -3.51. The number of nitrogens with one attached hydrogen (secondary N) is 2. The molecule has 1 aliphatic rings. The summed E-state index contributed by atoms with van der Waals surface area (Å²) in [5.74, 6) is -0.247. The molecule has 6 heteroatoms. The first-order chi connectivity index (χ1) is 15.6. The maximum atomic E-state index is 12.6. The lowest BCUT2D eigenvalue weighted by molar-refractivity contribution is -0.134. The highest BCUT2D eigenvalue weighted by Gasteiger charge is 2.31. The van der Waals surface area contributed by atoms with Gasteiger partial charge in [0.15, 0.2) is 0 Å². The van der Waals surface area contributed by atoms with Crippen LogP contribution in [0.4, 0.5) is 0 Å². The predicted molar refractivity (Wildman–Crippen MR) is 125 cm³/mol. The molecule has 3 aromatic rings. The number of pyridine rings is 1. The highest BCUT2D eigenvalue weighted by Crippen LogP contribution is 2.21. The molecule has 0 radical (unpaired) electrons. The fourth-order valence-electron chi connectivity index (χ4n) is 3.97. The van der Waals surface area contributed by atoms with E-state index in [1.807, 2.05) is 37.3 Å². The normalized spacial score (nSPS) is 16.4. The van der Waals surface area contributed by atoms with Gasteiger partial charge in [0.05, 0.1) is 24.7 Å². The molecule has 2 heterocycles. The van der Waals surface area contributed by atoms with Crippen LogP contribution in [-0.4, -0.2) is 40.8 Å². The lowest BCUT2D eigenvalue weighted by Gasteiger charge is -2.34. The summed E-state index contributed by atoms with van der Waals surface area (Å²) < 4.78 is 0. The second-order valence-electron chi connectivity index (χ2n) is 8.09. The lowest BCUT2D eigenvalue weighted by atomic mass is 10.0. The van der Waals surface area contributed by atoms with Crippen LogP contribution in [0.1, 0.15) is 23.2 Å². The number of hydrogen-bond acceptors (Lipinski definition) is 4. The Balaban J connectivity index is 1.38. The fourth-order valence-corrected chi connectivity index (χ4v) is 3.97. The van der Waals surface area contributed by atoms with Gasteiger partial charge in [-0.15, -0.1) is 0 Å². The van der Waals surface area contributed by atoms with Crippen molar-refractivity contribution >= 4 is 11.8 Å². The second-order valence-corrected chi connectivity index (χ2v) is 8.09. The summed E-state index contributed by atoms with van der Waals surface area (Å²) in [5.41, 5.74) is 5.32. The first kappa shape index (κ1) is 21.7. The number of hydrogen-bond donors (Lipinski definition) is 2. The van der Waals surface area contributed by atoms with E-state index >= 15 is 0 Å². The zero-order valence-electron chi connectivity index (χ0n) is 18.3. The number of aryl methyl sites for hydroxylation is 1. The molecule has 164 valence electrons. The molecule has 0 spiro atoms. The molecule has 4 rings (SSSR count). The van der Waals surface area contributed by atoms with Gasteiger partial charge in [0, 0.05) is 25.8 Å². The predicted octanol–water partition coefficient (Wildman–Crippen LogP) is 3.06. The van der Waals surface area contributed by atoms with Gasteiger partial charge in [0.2, 0.25) is 11.8 Å². The van der Waals surface area contributed by atoms with Crippen molar-refractivity contribution in [3.05, 3.63) is 89.7 Å². The van der Waals surface area contributed by atoms with Gasteiger partial charge in [-0.2, -0.15) is 0 Å². The van der Waals surface area contributed by atoms with Crippen molar-refractivity contribution in [2.24, 2.45) is 0 Å². The van der Waals surface area contributed by atoms with E-state index in [2.05, 4.69) is 56.9 Å². The third-order valence-electron chi connectivity index (χ3n) is 5.84. The van der Waals surface area contributed by atoms with E-state index < -0.39 is 6.04 Å². The van der Waals surface area contributed by atoms with Gasteiger partial charge in [-0.05, 0) is 35.2 Å². The zero-order valence-corrected chi connectivity index (χ0v) is 18.3. The van der Waals surface area contributed by atoms with Gasteiger partial charge in [-0.1, -0.05) is 60.7 Å². The second kappa shape index (κ2) is 10.2. The Morgan fingerprint density at radius 1 is 1.06 bits per heavy atom. The molecule has 1 atom stereocenters. The summed E-state index contributed by atoms with van der Waals surface area (Å²) in [6.07, 6.45) is 1.84. The molecular formula is C26H28N4O2. The zero-order chi connectivity index (χ0) is 22.3. The van der Waals surface area contributed by atoms with Crippen molar-refractivity contribution in [2.75, 3.05) is 13.1 Å². The minimum absolute atomic E-state index is 0.0960. The van der Waals surface area contributed by atoms with Crippen LogP contribution in [0, 0.1) is 6.92 Å². The lowest BCUT2D eigenvalue weighted by Crippen LogP contribution is -2.56. The number of nitrogens with zero attached hydrogens (tertiary/aromatic N) is 2.